The van der Waals surface area contributed by atoms with E-state index in [-0.39, 0.29) is 0 Å². The maximum Gasteiger partial charge on any atom is 0.0302 e. The van der Waals surface area contributed by atoms with E-state index in [2.05, 4.69) is 23.6 Å². The van der Waals surface area contributed by atoms with Gasteiger partial charge in [0.25, 0.3) is 0 Å². The Bertz CT molecular complexity index is 397. The van der Waals surface area contributed by atoms with Crippen LogP contribution in [0.4, 0.5) is 0 Å². The van der Waals surface area contributed by atoms with Crippen molar-refractivity contribution < 1.29 is 0 Å². The van der Waals surface area contributed by atoms with Crippen LogP contribution in [0.25, 0.3) is 0 Å². The SMILES string of the molecule is CC(CC1CCCCCN1)NCc1cc2c(s1)CCC2. The van der Waals surface area contributed by atoms with E-state index < -0.39 is 0 Å². The van der Waals surface area contributed by atoms with Crippen LogP contribution in [0.2, 0.25) is 0 Å². The van der Waals surface area contributed by atoms with Gasteiger partial charge >= 0.3 is 0 Å². The Balaban J connectivity index is 1.42. The van der Waals surface area contributed by atoms with Gasteiger partial charge in [-0.3, -0.25) is 0 Å². The van der Waals surface area contributed by atoms with Crippen molar-refractivity contribution >= 4 is 11.3 Å². The van der Waals surface area contributed by atoms with E-state index in [4.69, 9.17) is 0 Å². The standard InChI is InChI=1S/C17H28N2S/c1-13(10-15-7-3-2-4-9-18-15)19-12-16-11-14-6-5-8-17(14)20-16/h11,13,15,18-19H,2-10,12H2,1H3. The van der Waals surface area contributed by atoms with Gasteiger partial charge in [-0.15, -0.1) is 11.3 Å². The first-order chi connectivity index (χ1) is 9.81. The highest BCUT2D eigenvalue weighted by Gasteiger charge is 2.17. The van der Waals surface area contributed by atoms with Crippen molar-refractivity contribution in [3.8, 4) is 0 Å². The van der Waals surface area contributed by atoms with E-state index in [1.54, 1.807) is 10.4 Å². The largest absolute Gasteiger partial charge is 0.314 e. The van der Waals surface area contributed by atoms with Crippen molar-refractivity contribution in [2.45, 2.75) is 76.9 Å². The van der Waals surface area contributed by atoms with E-state index in [1.807, 2.05) is 11.3 Å². The molecule has 1 aliphatic heterocycles. The smallest absolute Gasteiger partial charge is 0.0302 e. The zero-order chi connectivity index (χ0) is 13.8. The van der Waals surface area contributed by atoms with Crippen molar-refractivity contribution in [3.05, 3.63) is 21.4 Å². The van der Waals surface area contributed by atoms with Crippen LogP contribution >= 0.6 is 11.3 Å². The monoisotopic (exact) mass is 292 g/mol. The number of rotatable bonds is 5. The molecule has 3 rings (SSSR count). The maximum atomic E-state index is 3.73. The fraction of sp³-hybridized carbons (Fsp3) is 0.765. The Morgan fingerprint density at radius 3 is 3.15 bits per heavy atom. The topological polar surface area (TPSA) is 24.1 Å². The summed E-state index contributed by atoms with van der Waals surface area (Å²) in [4.78, 5) is 3.19. The minimum atomic E-state index is 0.613. The summed E-state index contributed by atoms with van der Waals surface area (Å²) in [5, 5.41) is 7.43. The van der Waals surface area contributed by atoms with Gasteiger partial charge in [0.05, 0.1) is 0 Å². The Kier molecular flexibility index (Phi) is 5.14. The molecular weight excluding hydrogens is 264 g/mol. The van der Waals surface area contributed by atoms with Gasteiger partial charge in [-0.25, -0.2) is 0 Å². The predicted molar refractivity (Wildman–Crippen MR) is 87.5 cm³/mol. The lowest BCUT2D eigenvalue weighted by atomic mass is 10.0. The lowest BCUT2D eigenvalue weighted by Crippen LogP contribution is -2.36. The molecule has 0 saturated carbocycles. The highest BCUT2D eigenvalue weighted by Crippen LogP contribution is 2.30. The van der Waals surface area contributed by atoms with Gasteiger partial charge in [-0.2, -0.15) is 0 Å². The first kappa shape index (κ1) is 14.6. The Hall–Kier alpha value is -0.380. The minimum Gasteiger partial charge on any atom is -0.314 e. The molecule has 1 aliphatic carbocycles. The molecule has 0 aromatic carbocycles. The summed E-state index contributed by atoms with van der Waals surface area (Å²) in [5.41, 5.74) is 1.63. The van der Waals surface area contributed by atoms with Gasteiger partial charge in [-0.05, 0) is 63.6 Å². The molecule has 0 radical (unpaired) electrons. The number of aryl methyl sites for hydroxylation is 2. The summed E-state index contributed by atoms with van der Waals surface area (Å²) in [5.74, 6) is 0. The first-order valence-electron chi connectivity index (χ1n) is 8.38. The molecule has 112 valence electrons. The number of hydrogen-bond acceptors (Lipinski definition) is 3. The molecule has 20 heavy (non-hydrogen) atoms. The fourth-order valence-corrected chi connectivity index (χ4v) is 4.78. The molecule has 2 atom stereocenters. The zero-order valence-electron chi connectivity index (χ0n) is 12.7. The summed E-state index contributed by atoms with van der Waals surface area (Å²) >= 11 is 2.04. The molecule has 2 N–H and O–H groups in total. The third-order valence-electron chi connectivity index (χ3n) is 4.72. The second-order valence-electron chi connectivity index (χ2n) is 6.53. The normalized spacial score (nSPS) is 24.4. The van der Waals surface area contributed by atoms with E-state index >= 15 is 0 Å². The number of fused-ring (bicyclic) bond motifs is 1. The Morgan fingerprint density at radius 2 is 2.25 bits per heavy atom. The van der Waals surface area contributed by atoms with Crippen LogP contribution in [-0.4, -0.2) is 18.6 Å². The molecule has 0 amide bonds. The predicted octanol–water partition coefficient (Wildman–Crippen LogP) is 3.64. The zero-order valence-corrected chi connectivity index (χ0v) is 13.5. The number of nitrogens with one attached hydrogen (secondary N) is 2. The van der Waals surface area contributed by atoms with Crippen LogP contribution in [0.15, 0.2) is 6.07 Å². The van der Waals surface area contributed by atoms with Gasteiger partial charge in [0, 0.05) is 28.4 Å². The molecule has 1 aromatic rings. The van der Waals surface area contributed by atoms with Crippen LogP contribution in [0.3, 0.4) is 0 Å². The van der Waals surface area contributed by atoms with Crippen LogP contribution in [0, 0.1) is 0 Å². The molecule has 2 unspecified atom stereocenters. The molecule has 2 nitrogen and oxygen atoms in total. The van der Waals surface area contributed by atoms with Crippen LogP contribution in [0.1, 0.15) is 60.8 Å². The summed E-state index contributed by atoms with van der Waals surface area (Å²) in [6, 6.07) is 3.78. The average molecular weight is 292 g/mol. The summed E-state index contributed by atoms with van der Waals surface area (Å²) < 4.78 is 0. The van der Waals surface area contributed by atoms with Gasteiger partial charge in [0.1, 0.15) is 0 Å². The Morgan fingerprint density at radius 1 is 1.30 bits per heavy atom. The highest BCUT2D eigenvalue weighted by molar-refractivity contribution is 7.12. The first-order valence-corrected chi connectivity index (χ1v) is 9.20. The van der Waals surface area contributed by atoms with Crippen LogP contribution in [-0.2, 0) is 19.4 Å². The number of hydrogen-bond donors (Lipinski definition) is 2. The lowest BCUT2D eigenvalue weighted by Gasteiger charge is -2.21. The van der Waals surface area contributed by atoms with Crippen molar-refractivity contribution in [2.75, 3.05) is 6.54 Å². The molecule has 1 fully saturated rings. The second-order valence-corrected chi connectivity index (χ2v) is 7.75. The van der Waals surface area contributed by atoms with E-state index in [0.717, 1.165) is 12.6 Å². The quantitative estimate of drug-likeness (QED) is 0.866. The summed E-state index contributed by atoms with van der Waals surface area (Å²) in [7, 11) is 0. The molecule has 2 aliphatic rings. The van der Waals surface area contributed by atoms with Crippen molar-refractivity contribution in [1.82, 2.24) is 10.6 Å². The van der Waals surface area contributed by atoms with Crippen molar-refractivity contribution in [1.29, 1.82) is 0 Å². The lowest BCUT2D eigenvalue weighted by molar-refractivity contribution is 0.403. The third kappa shape index (κ3) is 3.84. The second kappa shape index (κ2) is 7.06. The van der Waals surface area contributed by atoms with Crippen molar-refractivity contribution in [2.24, 2.45) is 0 Å². The van der Waals surface area contributed by atoms with E-state index in [9.17, 15) is 0 Å². The fourth-order valence-electron chi connectivity index (χ4n) is 3.56. The molecule has 1 aromatic heterocycles. The highest BCUT2D eigenvalue weighted by atomic mass is 32.1. The molecule has 2 heterocycles. The molecule has 3 heteroatoms. The maximum absolute atomic E-state index is 3.73. The van der Waals surface area contributed by atoms with Gasteiger partial charge in [0.2, 0.25) is 0 Å². The van der Waals surface area contributed by atoms with Gasteiger partial charge < -0.3 is 10.6 Å². The van der Waals surface area contributed by atoms with Crippen LogP contribution in [0.5, 0.6) is 0 Å². The molecular formula is C17H28N2S. The van der Waals surface area contributed by atoms with E-state index in [0.29, 0.717) is 6.04 Å². The number of thiophene rings is 1. The van der Waals surface area contributed by atoms with Gasteiger partial charge in [-0.1, -0.05) is 12.8 Å². The Labute approximate surface area is 127 Å². The minimum absolute atomic E-state index is 0.613. The summed E-state index contributed by atoms with van der Waals surface area (Å²) in [6.45, 7) is 4.62. The molecule has 0 spiro atoms. The van der Waals surface area contributed by atoms with Gasteiger partial charge in [0.15, 0.2) is 0 Å². The molecule has 0 bridgehead atoms. The molecule has 1 saturated heterocycles. The third-order valence-corrected chi connectivity index (χ3v) is 5.96. The van der Waals surface area contributed by atoms with Crippen molar-refractivity contribution in [3.63, 3.8) is 0 Å². The van der Waals surface area contributed by atoms with Crippen LogP contribution < -0.4 is 10.6 Å². The summed E-state index contributed by atoms with van der Waals surface area (Å²) in [6.07, 6.45) is 10.8. The van der Waals surface area contributed by atoms with E-state index in [1.165, 1.54) is 62.8 Å². The average Bonchev–Trinajstić information content (AvgIpc) is 2.91.